The largest absolute Gasteiger partial charge is 0.454 e. The molecule has 0 bridgehead atoms. The van der Waals surface area contributed by atoms with Gasteiger partial charge in [0.05, 0.1) is 11.4 Å². The highest BCUT2D eigenvalue weighted by Gasteiger charge is 2.25. The summed E-state index contributed by atoms with van der Waals surface area (Å²) in [7, 11) is 0. The number of halogens is 4. The van der Waals surface area contributed by atoms with Crippen molar-refractivity contribution in [2.24, 2.45) is 0 Å². The number of nitrogen functional groups attached to an aromatic ring is 1. The molecule has 0 aliphatic carbocycles. The van der Waals surface area contributed by atoms with Gasteiger partial charge in [0.15, 0.2) is 23.0 Å². The normalized spacial score (nSPS) is 11.9. The van der Waals surface area contributed by atoms with Crippen LogP contribution in [0.4, 0.5) is 23.4 Å². The van der Waals surface area contributed by atoms with E-state index in [9.17, 15) is 18.0 Å². The van der Waals surface area contributed by atoms with E-state index in [1.165, 1.54) is 30.6 Å². The summed E-state index contributed by atoms with van der Waals surface area (Å²) in [4.78, 5) is 20.1. The molecule has 2 heterocycles. The second-order valence-corrected chi connectivity index (χ2v) is 9.81. The van der Waals surface area contributed by atoms with Crippen molar-refractivity contribution in [3.05, 3.63) is 84.7 Å². The number of hydrogen-bond donors (Lipinski definition) is 1. The first-order chi connectivity index (χ1) is 20.2. The maximum atomic E-state index is 15.6. The first-order valence-electron chi connectivity index (χ1n) is 13.6. The zero-order valence-corrected chi connectivity index (χ0v) is 23.2. The predicted octanol–water partition coefficient (Wildman–Crippen LogP) is 7.81. The Kier molecular flexibility index (Phi) is 9.72. The molecule has 0 radical (unpaired) electrons. The SMILES string of the molecule is C=CCc1c(F)cc(F)c(F)c1Oc1ccc(-c2nn([C@@H](CCC)CCCCC(=O)C=C)c3ncnc(N)c23)c(F)c1. The number of nitrogens with zero attached hydrogens (tertiary/aromatic N) is 4. The van der Waals surface area contributed by atoms with Crippen molar-refractivity contribution >= 4 is 22.6 Å². The quantitative estimate of drug-likeness (QED) is 0.0537. The Bertz CT molecular complexity index is 1640. The number of carbonyl (C=O) groups excluding carboxylic acids is 1. The number of ketones is 1. The summed E-state index contributed by atoms with van der Waals surface area (Å²) in [5.74, 6) is -5.42. The van der Waals surface area contributed by atoms with Gasteiger partial charge < -0.3 is 10.5 Å². The average Bonchev–Trinajstić information content (AvgIpc) is 3.35. The Labute approximate surface area is 240 Å². The molecule has 0 saturated heterocycles. The summed E-state index contributed by atoms with van der Waals surface area (Å²) in [6.07, 6.45) is 7.96. The standard InChI is InChI=1S/C31H31F4N5O2/c1-4-9-18(11-7-8-12-19(41)6-3)40-31-26(30(36)37-17-38-31)28(39-40)21-14-13-20(15-23(21)32)42-29-22(10-5-2)24(33)16-25(34)27(29)35/h5-6,13-18H,2-4,7-12H2,1H3,(H2,36,37,38)/t18-/m0/s1. The Morgan fingerprint density at radius 2 is 1.86 bits per heavy atom. The number of hydrogen-bond acceptors (Lipinski definition) is 6. The molecule has 7 nitrogen and oxygen atoms in total. The third-order valence-corrected chi connectivity index (χ3v) is 6.91. The lowest BCUT2D eigenvalue weighted by Gasteiger charge is -2.17. The summed E-state index contributed by atoms with van der Waals surface area (Å²) in [5, 5.41) is 5.08. The maximum Gasteiger partial charge on any atom is 0.201 e. The molecule has 0 aliphatic heterocycles. The van der Waals surface area contributed by atoms with E-state index in [-0.39, 0.29) is 46.6 Å². The number of allylic oxidation sites excluding steroid dienone is 2. The van der Waals surface area contributed by atoms with Crippen LogP contribution in [0.1, 0.15) is 57.1 Å². The van der Waals surface area contributed by atoms with Crippen molar-refractivity contribution in [3.63, 3.8) is 0 Å². The Morgan fingerprint density at radius 3 is 2.55 bits per heavy atom. The lowest BCUT2D eigenvalue weighted by atomic mass is 10.0. The van der Waals surface area contributed by atoms with Gasteiger partial charge in [0.25, 0.3) is 0 Å². The smallest absolute Gasteiger partial charge is 0.201 e. The molecular weight excluding hydrogens is 550 g/mol. The van der Waals surface area contributed by atoms with Gasteiger partial charge in [-0.2, -0.15) is 9.49 Å². The van der Waals surface area contributed by atoms with Gasteiger partial charge in [-0.05, 0) is 43.9 Å². The van der Waals surface area contributed by atoms with Crippen LogP contribution in [0.25, 0.3) is 22.3 Å². The molecule has 0 spiro atoms. The fraction of sp³-hybridized carbons (Fsp3) is 0.290. The van der Waals surface area contributed by atoms with E-state index >= 15 is 4.39 Å². The molecule has 11 heteroatoms. The monoisotopic (exact) mass is 581 g/mol. The van der Waals surface area contributed by atoms with E-state index in [1.807, 2.05) is 6.92 Å². The van der Waals surface area contributed by atoms with Crippen molar-refractivity contribution < 1.29 is 27.1 Å². The lowest BCUT2D eigenvalue weighted by Crippen LogP contribution is -2.12. The zero-order chi connectivity index (χ0) is 30.4. The van der Waals surface area contributed by atoms with E-state index in [2.05, 4.69) is 23.1 Å². The van der Waals surface area contributed by atoms with Crippen LogP contribution in [-0.4, -0.2) is 25.5 Å². The summed E-state index contributed by atoms with van der Waals surface area (Å²) >= 11 is 0. The van der Waals surface area contributed by atoms with E-state index in [4.69, 9.17) is 15.6 Å². The van der Waals surface area contributed by atoms with Crippen LogP contribution >= 0.6 is 0 Å². The summed E-state index contributed by atoms with van der Waals surface area (Å²) in [6, 6.07) is 3.99. The molecule has 1 atom stereocenters. The number of fused-ring (bicyclic) bond motifs is 1. The Balaban J connectivity index is 1.71. The highest BCUT2D eigenvalue weighted by Crippen LogP contribution is 2.38. The number of carbonyl (C=O) groups is 1. The van der Waals surface area contributed by atoms with Crippen LogP contribution in [-0.2, 0) is 11.2 Å². The first kappa shape index (κ1) is 30.4. The molecule has 220 valence electrons. The minimum atomic E-state index is -1.44. The van der Waals surface area contributed by atoms with Crippen molar-refractivity contribution in [3.8, 4) is 22.8 Å². The highest BCUT2D eigenvalue weighted by atomic mass is 19.2. The average molecular weight is 582 g/mol. The van der Waals surface area contributed by atoms with Crippen molar-refractivity contribution in [1.29, 1.82) is 0 Å². The van der Waals surface area contributed by atoms with Gasteiger partial charge in [0.2, 0.25) is 5.82 Å². The second-order valence-electron chi connectivity index (χ2n) is 9.81. The Hall–Kier alpha value is -4.54. The molecule has 2 aromatic carbocycles. The van der Waals surface area contributed by atoms with Crippen LogP contribution in [0, 0.1) is 23.3 Å². The number of aromatic nitrogens is 4. The molecule has 4 aromatic rings. The predicted molar refractivity (Wildman–Crippen MR) is 153 cm³/mol. The number of ether oxygens (including phenoxy) is 1. The minimum absolute atomic E-state index is 0.0144. The van der Waals surface area contributed by atoms with Gasteiger partial charge in [-0.15, -0.1) is 6.58 Å². The number of nitrogens with two attached hydrogens (primary N) is 1. The van der Waals surface area contributed by atoms with E-state index in [1.54, 1.807) is 4.68 Å². The number of rotatable bonds is 14. The van der Waals surface area contributed by atoms with Gasteiger partial charge in [-0.25, -0.2) is 27.8 Å². The third kappa shape index (κ3) is 6.35. The molecule has 0 saturated carbocycles. The molecule has 4 rings (SSSR count). The maximum absolute atomic E-state index is 15.6. The van der Waals surface area contributed by atoms with E-state index < -0.39 is 29.0 Å². The zero-order valence-electron chi connectivity index (χ0n) is 23.2. The molecule has 42 heavy (non-hydrogen) atoms. The molecule has 2 aromatic heterocycles. The Morgan fingerprint density at radius 1 is 1.07 bits per heavy atom. The highest BCUT2D eigenvalue weighted by molar-refractivity contribution is 5.98. The van der Waals surface area contributed by atoms with Crippen LogP contribution in [0.2, 0.25) is 0 Å². The molecule has 0 aliphatic rings. The minimum Gasteiger partial charge on any atom is -0.454 e. The van der Waals surface area contributed by atoms with E-state index in [0.717, 1.165) is 25.3 Å². The van der Waals surface area contributed by atoms with Gasteiger partial charge in [0, 0.05) is 29.7 Å². The van der Waals surface area contributed by atoms with Crippen LogP contribution < -0.4 is 10.5 Å². The topological polar surface area (TPSA) is 95.9 Å². The van der Waals surface area contributed by atoms with Gasteiger partial charge in [0.1, 0.15) is 35.2 Å². The molecule has 0 amide bonds. The lowest BCUT2D eigenvalue weighted by molar-refractivity contribution is -0.114. The van der Waals surface area contributed by atoms with Gasteiger partial charge in [-0.1, -0.05) is 32.4 Å². The van der Waals surface area contributed by atoms with Crippen molar-refractivity contribution in [1.82, 2.24) is 19.7 Å². The van der Waals surface area contributed by atoms with E-state index in [0.29, 0.717) is 36.4 Å². The number of benzene rings is 2. The number of unbranched alkanes of at least 4 members (excludes halogenated alkanes) is 1. The summed E-state index contributed by atoms with van der Waals surface area (Å²) in [5.41, 5.74) is 6.64. The fourth-order valence-electron chi connectivity index (χ4n) is 4.86. The molecule has 0 fully saturated rings. The van der Waals surface area contributed by atoms with Crippen molar-refractivity contribution in [2.45, 2.75) is 57.9 Å². The second kappa shape index (κ2) is 13.4. The fourth-order valence-corrected chi connectivity index (χ4v) is 4.86. The van der Waals surface area contributed by atoms with Gasteiger partial charge >= 0.3 is 0 Å². The summed E-state index contributed by atoms with van der Waals surface area (Å²) < 4.78 is 65.6. The first-order valence-corrected chi connectivity index (χ1v) is 13.6. The van der Waals surface area contributed by atoms with Crippen LogP contribution in [0.5, 0.6) is 11.5 Å². The molecule has 0 unspecified atom stereocenters. The molecule has 2 N–H and O–H groups in total. The van der Waals surface area contributed by atoms with Gasteiger partial charge in [-0.3, -0.25) is 4.79 Å². The van der Waals surface area contributed by atoms with Crippen molar-refractivity contribution in [2.75, 3.05) is 5.73 Å². The third-order valence-electron chi connectivity index (χ3n) is 6.91. The summed E-state index contributed by atoms with van der Waals surface area (Å²) in [6.45, 7) is 9.04. The molecular formula is C31H31F4N5O2. The number of anilines is 1. The van der Waals surface area contributed by atoms with Crippen LogP contribution in [0.3, 0.4) is 0 Å². The van der Waals surface area contributed by atoms with Crippen LogP contribution in [0.15, 0.2) is 55.9 Å².